The fraction of sp³-hybridized carbons (Fsp3) is 0.667. The van der Waals surface area contributed by atoms with E-state index < -0.39 is 0 Å². The molecule has 1 amide bonds. The monoisotopic (exact) mass is 280 g/mol. The van der Waals surface area contributed by atoms with Gasteiger partial charge in [-0.2, -0.15) is 0 Å². The van der Waals surface area contributed by atoms with Crippen molar-refractivity contribution in [2.45, 2.75) is 33.7 Å². The number of hydrogen-bond donors (Lipinski definition) is 1. The molecule has 1 aromatic heterocycles. The van der Waals surface area contributed by atoms with E-state index in [4.69, 9.17) is 0 Å². The second kappa shape index (κ2) is 6.53. The van der Waals surface area contributed by atoms with Gasteiger partial charge in [0.2, 0.25) is 5.91 Å². The summed E-state index contributed by atoms with van der Waals surface area (Å²) in [7, 11) is 0. The minimum Gasteiger partial charge on any atom is -0.350 e. The molecule has 1 fully saturated rings. The van der Waals surface area contributed by atoms with Crippen LogP contribution in [0.5, 0.6) is 0 Å². The first-order valence-corrected chi connectivity index (χ1v) is 7.94. The lowest BCUT2D eigenvalue weighted by atomic mass is 9.92. The lowest BCUT2D eigenvalue weighted by Crippen LogP contribution is -2.44. The molecule has 1 aliphatic rings. The molecule has 4 heteroatoms. The maximum absolute atomic E-state index is 12.0. The second-order valence-electron chi connectivity index (χ2n) is 5.94. The Hall–Kier alpha value is -0.870. The Bertz CT molecular complexity index is 420. The summed E-state index contributed by atoms with van der Waals surface area (Å²) >= 11 is 1.71. The van der Waals surface area contributed by atoms with Gasteiger partial charge in [0.1, 0.15) is 0 Å². The van der Waals surface area contributed by atoms with Gasteiger partial charge < -0.3 is 5.32 Å². The van der Waals surface area contributed by atoms with E-state index in [2.05, 4.69) is 42.4 Å². The fourth-order valence-corrected chi connectivity index (χ4v) is 3.79. The molecule has 0 radical (unpaired) electrons. The molecule has 2 rings (SSSR count). The molecule has 1 aromatic rings. The number of nitrogens with zero attached hydrogens (tertiary/aromatic N) is 1. The van der Waals surface area contributed by atoms with Crippen molar-refractivity contribution in [3.8, 4) is 0 Å². The van der Waals surface area contributed by atoms with Gasteiger partial charge in [-0.15, -0.1) is 11.3 Å². The minimum absolute atomic E-state index is 0.147. The van der Waals surface area contributed by atoms with Crippen LogP contribution in [0.25, 0.3) is 0 Å². The van der Waals surface area contributed by atoms with E-state index in [-0.39, 0.29) is 5.91 Å². The van der Waals surface area contributed by atoms with Crippen LogP contribution in [0.2, 0.25) is 0 Å². The van der Waals surface area contributed by atoms with Crippen LogP contribution in [0.3, 0.4) is 0 Å². The zero-order chi connectivity index (χ0) is 13.8. The third kappa shape index (κ3) is 4.32. The van der Waals surface area contributed by atoms with E-state index in [1.807, 2.05) is 0 Å². The average molecular weight is 280 g/mol. The molecule has 2 atom stereocenters. The number of hydrogen-bond acceptors (Lipinski definition) is 3. The number of carbonyl (C=O) groups is 1. The Morgan fingerprint density at radius 3 is 2.68 bits per heavy atom. The summed E-state index contributed by atoms with van der Waals surface area (Å²) in [6.45, 7) is 9.95. The van der Waals surface area contributed by atoms with Crippen LogP contribution in [0.4, 0.5) is 0 Å². The van der Waals surface area contributed by atoms with Crippen molar-refractivity contribution in [3.63, 3.8) is 0 Å². The predicted molar refractivity (Wildman–Crippen MR) is 80.3 cm³/mol. The Labute approximate surface area is 120 Å². The largest absolute Gasteiger partial charge is 0.350 e. The Morgan fingerprint density at radius 1 is 1.42 bits per heavy atom. The summed E-state index contributed by atoms with van der Waals surface area (Å²) in [6, 6.07) is 2.10. The maximum atomic E-state index is 12.0. The third-order valence-electron chi connectivity index (χ3n) is 3.73. The molecule has 0 aromatic carbocycles. The van der Waals surface area contributed by atoms with Crippen LogP contribution >= 0.6 is 11.3 Å². The van der Waals surface area contributed by atoms with Crippen molar-refractivity contribution >= 4 is 17.2 Å². The highest BCUT2D eigenvalue weighted by Crippen LogP contribution is 2.20. The summed E-state index contributed by atoms with van der Waals surface area (Å²) in [5.41, 5.74) is 1.27. The van der Waals surface area contributed by atoms with Crippen LogP contribution < -0.4 is 5.32 Å². The maximum Gasteiger partial charge on any atom is 0.234 e. The molecule has 0 spiro atoms. The topological polar surface area (TPSA) is 32.3 Å². The summed E-state index contributed by atoms with van der Waals surface area (Å²) in [5, 5.41) is 5.11. The van der Waals surface area contributed by atoms with E-state index >= 15 is 0 Å². The summed E-state index contributed by atoms with van der Waals surface area (Å²) in [6.07, 6.45) is 1.28. The van der Waals surface area contributed by atoms with Gasteiger partial charge in [0, 0.05) is 18.0 Å². The van der Waals surface area contributed by atoms with E-state index in [9.17, 15) is 4.79 Å². The molecule has 1 aliphatic heterocycles. The smallest absolute Gasteiger partial charge is 0.234 e. The van der Waals surface area contributed by atoms with Gasteiger partial charge in [-0.3, -0.25) is 9.69 Å². The van der Waals surface area contributed by atoms with Gasteiger partial charge in [0.05, 0.1) is 13.1 Å². The number of thiophene rings is 1. The molecule has 1 saturated heterocycles. The first-order chi connectivity index (χ1) is 9.04. The van der Waals surface area contributed by atoms with Crippen LogP contribution in [0.1, 0.15) is 30.7 Å². The molecule has 19 heavy (non-hydrogen) atoms. The van der Waals surface area contributed by atoms with E-state index in [0.717, 1.165) is 13.1 Å². The van der Waals surface area contributed by atoms with Crippen molar-refractivity contribution < 1.29 is 4.79 Å². The van der Waals surface area contributed by atoms with Crippen LogP contribution in [0, 0.1) is 18.8 Å². The molecule has 0 saturated carbocycles. The molecular formula is C15H24N2OS. The molecule has 0 aliphatic carbocycles. The summed E-state index contributed by atoms with van der Waals surface area (Å²) < 4.78 is 0. The molecule has 0 bridgehead atoms. The fourth-order valence-electron chi connectivity index (χ4n) is 2.94. The predicted octanol–water partition coefficient (Wildman–Crippen LogP) is 2.65. The highest BCUT2D eigenvalue weighted by molar-refractivity contribution is 7.10. The van der Waals surface area contributed by atoms with Gasteiger partial charge in [0.15, 0.2) is 0 Å². The van der Waals surface area contributed by atoms with Gasteiger partial charge in [-0.05, 0) is 42.2 Å². The van der Waals surface area contributed by atoms with Crippen molar-refractivity contribution in [2.24, 2.45) is 11.8 Å². The quantitative estimate of drug-likeness (QED) is 0.919. The van der Waals surface area contributed by atoms with Crippen LogP contribution in [-0.4, -0.2) is 30.4 Å². The third-order valence-corrected chi connectivity index (χ3v) is 4.75. The summed E-state index contributed by atoms with van der Waals surface area (Å²) in [4.78, 5) is 15.5. The van der Waals surface area contributed by atoms with Crippen LogP contribution in [-0.2, 0) is 11.3 Å². The molecule has 2 unspecified atom stereocenters. The number of rotatable bonds is 4. The Balaban J connectivity index is 1.76. The number of nitrogens with one attached hydrogen (secondary N) is 1. The van der Waals surface area contributed by atoms with Gasteiger partial charge in [-0.25, -0.2) is 0 Å². The molecule has 1 N–H and O–H groups in total. The van der Waals surface area contributed by atoms with Gasteiger partial charge in [0.25, 0.3) is 0 Å². The molecular weight excluding hydrogens is 256 g/mol. The van der Waals surface area contributed by atoms with E-state index in [1.165, 1.54) is 16.9 Å². The first kappa shape index (κ1) is 14.5. The SMILES string of the molecule is Cc1ccsc1CNC(=O)CN1CC(C)CC(C)C1. The minimum atomic E-state index is 0.147. The lowest BCUT2D eigenvalue weighted by molar-refractivity contribution is -0.123. The zero-order valence-corrected chi connectivity index (χ0v) is 12.9. The number of aryl methyl sites for hydroxylation is 1. The Morgan fingerprint density at radius 2 is 2.11 bits per heavy atom. The highest BCUT2D eigenvalue weighted by Gasteiger charge is 2.23. The van der Waals surface area contributed by atoms with Crippen LogP contribution in [0.15, 0.2) is 11.4 Å². The molecule has 3 nitrogen and oxygen atoms in total. The second-order valence-corrected chi connectivity index (χ2v) is 6.94. The highest BCUT2D eigenvalue weighted by atomic mass is 32.1. The lowest BCUT2D eigenvalue weighted by Gasteiger charge is -2.34. The van der Waals surface area contributed by atoms with Crippen molar-refractivity contribution in [3.05, 3.63) is 21.9 Å². The van der Waals surface area contributed by atoms with Crippen molar-refractivity contribution in [1.82, 2.24) is 10.2 Å². The Kier molecular flexibility index (Phi) is 4.99. The number of carbonyl (C=O) groups excluding carboxylic acids is 1. The van der Waals surface area contributed by atoms with E-state index in [1.54, 1.807) is 11.3 Å². The standard InChI is InChI=1S/C15H24N2OS/c1-11-6-12(2)9-17(8-11)10-15(18)16-7-14-13(3)4-5-19-14/h4-5,11-12H,6-10H2,1-3H3,(H,16,18). The normalized spacial score (nSPS) is 24.4. The van der Waals surface area contributed by atoms with Crippen molar-refractivity contribution in [1.29, 1.82) is 0 Å². The van der Waals surface area contributed by atoms with E-state index in [0.29, 0.717) is 24.9 Å². The first-order valence-electron chi connectivity index (χ1n) is 7.06. The molecule has 2 heterocycles. The summed E-state index contributed by atoms with van der Waals surface area (Å²) in [5.74, 6) is 1.56. The molecule has 106 valence electrons. The van der Waals surface area contributed by atoms with Crippen molar-refractivity contribution in [2.75, 3.05) is 19.6 Å². The number of likely N-dealkylation sites (tertiary alicyclic amines) is 1. The van der Waals surface area contributed by atoms with Gasteiger partial charge >= 0.3 is 0 Å². The zero-order valence-electron chi connectivity index (χ0n) is 12.1. The number of piperidine rings is 1. The van der Waals surface area contributed by atoms with Gasteiger partial charge in [-0.1, -0.05) is 13.8 Å². The average Bonchev–Trinajstić information content (AvgIpc) is 2.71. The number of amides is 1.